The van der Waals surface area contributed by atoms with Gasteiger partial charge in [0.1, 0.15) is 0 Å². The van der Waals surface area contributed by atoms with Crippen molar-refractivity contribution >= 4 is 13.3 Å². The minimum absolute atomic E-state index is 0.280. The van der Waals surface area contributed by atoms with Crippen LogP contribution in [-0.2, 0) is 13.6 Å². The first-order chi connectivity index (χ1) is 14.2. The molecule has 0 saturated carbocycles. The SMILES string of the molecule is CCOP(=O)(OCC)C(N=C(c1ccccc1)c1ccccc1)c1ccccc1. The minimum Gasteiger partial charge on any atom is -0.307 e. The molecule has 0 aromatic heterocycles. The van der Waals surface area contributed by atoms with Crippen LogP contribution in [0.2, 0.25) is 0 Å². The van der Waals surface area contributed by atoms with Gasteiger partial charge in [-0.1, -0.05) is 91.0 Å². The Bertz CT molecular complexity index is 908. The van der Waals surface area contributed by atoms with Crippen LogP contribution in [0, 0.1) is 0 Å². The lowest BCUT2D eigenvalue weighted by Crippen LogP contribution is -2.10. The van der Waals surface area contributed by atoms with Gasteiger partial charge in [-0.3, -0.25) is 9.56 Å². The van der Waals surface area contributed by atoms with E-state index in [9.17, 15) is 4.57 Å². The average Bonchev–Trinajstić information content (AvgIpc) is 2.76. The van der Waals surface area contributed by atoms with Crippen molar-refractivity contribution in [2.45, 2.75) is 19.6 Å². The Morgan fingerprint density at radius 2 is 1.17 bits per heavy atom. The first-order valence-electron chi connectivity index (χ1n) is 9.80. The summed E-state index contributed by atoms with van der Waals surface area (Å²) in [6.45, 7) is 4.18. The minimum atomic E-state index is -3.53. The first kappa shape index (κ1) is 21.2. The van der Waals surface area contributed by atoms with Gasteiger partial charge in [-0.15, -0.1) is 0 Å². The largest absolute Gasteiger partial charge is 0.359 e. The molecule has 0 saturated heterocycles. The third kappa shape index (κ3) is 5.30. The van der Waals surface area contributed by atoms with Gasteiger partial charge in [0, 0.05) is 11.1 Å². The van der Waals surface area contributed by atoms with Crippen molar-refractivity contribution in [1.29, 1.82) is 0 Å². The van der Waals surface area contributed by atoms with Gasteiger partial charge >= 0.3 is 7.60 Å². The molecule has 29 heavy (non-hydrogen) atoms. The molecule has 0 aliphatic rings. The Morgan fingerprint density at radius 1 is 0.759 bits per heavy atom. The predicted octanol–water partition coefficient (Wildman–Crippen LogP) is 6.49. The van der Waals surface area contributed by atoms with E-state index in [0.717, 1.165) is 22.4 Å². The molecule has 1 atom stereocenters. The van der Waals surface area contributed by atoms with Crippen molar-refractivity contribution < 1.29 is 13.6 Å². The van der Waals surface area contributed by atoms with Crippen molar-refractivity contribution in [3.05, 3.63) is 108 Å². The Kier molecular flexibility index (Phi) is 7.54. The summed E-state index contributed by atoms with van der Waals surface area (Å²) in [5, 5.41) is 0. The van der Waals surface area contributed by atoms with Gasteiger partial charge in [-0.25, -0.2) is 0 Å². The molecule has 4 nitrogen and oxygen atoms in total. The van der Waals surface area contributed by atoms with Gasteiger partial charge in [0.2, 0.25) is 0 Å². The fraction of sp³-hybridized carbons (Fsp3) is 0.208. The Hall–Kier alpha value is -2.52. The van der Waals surface area contributed by atoms with Gasteiger partial charge < -0.3 is 9.05 Å². The van der Waals surface area contributed by atoms with Gasteiger partial charge in [-0.05, 0) is 19.4 Å². The van der Waals surface area contributed by atoms with Crippen LogP contribution in [-0.4, -0.2) is 18.9 Å². The smallest absolute Gasteiger partial charge is 0.307 e. The summed E-state index contributed by atoms with van der Waals surface area (Å²) < 4.78 is 25.1. The highest BCUT2D eigenvalue weighted by Gasteiger charge is 2.37. The average molecular weight is 407 g/mol. The maximum absolute atomic E-state index is 13.8. The van der Waals surface area contributed by atoms with E-state index in [2.05, 4.69) is 0 Å². The van der Waals surface area contributed by atoms with Crippen molar-refractivity contribution in [2.75, 3.05) is 13.2 Å². The predicted molar refractivity (Wildman–Crippen MR) is 119 cm³/mol. The Balaban J connectivity index is 2.21. The highest BCUT2D eigenvalue weighted by atomic mass is 31.2. The summed E-state index contributed by atoms with van der Waals surface area (Å²) >= 11 is 0. The summed E-state index contributed by atoms with van der Waals surface area (Å²) in [5.74, 6) is -0.765. The molecular weight excluding hydrogens is 381 g/mol. The lowest BCUT2D eigenvalue weighted by atomic mass is 10.0. The third-order valence-corrected chi connectivity index (χ3v) is 6.61. The third-order valence-electron chi connectivity index (χ3n) is 4.36. The van der Waals surface area contributed by atoms with E-state index in [0.29, 0.717) is 0 Å². The van der Waals surface area contributed by atoms with Gasteiger partial charge in [0.25, 0.3) is 0 Å². The van der Waals surface area contributed by atoms with Gasteiger partial charge in [0.15, 0.2) is 5.78 Å². The number of nitrogens with zero attached hydrogens (tertiary/aromatic N) is 1. The molecule has 3 aromatic carbocycles. The molecule has 5 heteroatoms. The molecule has 0 amide bonds. The highest BCUT2D eigenvalue weighted by Crippen LogP contribution is 2.61. The number of rotatable bonds is 9. The number of hydrogen-bond acceptors (Lipinski definition) is 4. The van der Waals surface area contributed by atoms with Crippen molar-refractivity contribution in [3.8, 4) is 0 Å². The van der Waals surface area contributed by atoms with Crippen LogP contribution >= 0.6 is 7.60 Å². The van der Waals surface area contributed by atoms with E-state index in [1.165, 1.54) is 0 Å². The molecule has 0 radical (unpaired) electrons. The molecule has 0 heterocycles. The monoisotopic (exact) mass is 407 g/mol. The highest BCUT2D eigenvalue weighted by molar-refractivity contribution is 7.54. The van der Waals surface area contributed by atoms with Crippen molar-refractivity contribution in [1.82, 2.24) is 0 Å². The quantitative estimate of drug-likeness (QED) is 0.301. The molecule has 0 bridgehead atoms. The van der Waals surface area contributed by atoms with E-state index in [4.69, 9.17) is 14.0 Å². The van der Waals surface area contributed by atoms with Crippen LogP contribution < -0.4 is 0 Å². The molecule has 3 aromatic rings. The molecule has 150 valence electrons. The molecule has 0 fully saturated rings. The normalized spacial score (nSPS) is 12.3. The lowest BCUT2D eigenvalue weighted by Gasteiger charge is -2.25. The molecule has 3 rings (SSSR count). The molecule has 0 aliphatic heterocycles. The molecule has 1 unspecified atom stereocenters. The van der Waals surface area contributed by atoms with Crippen LogP contribution in [0.4, 0.5) is 0 Å². The second-order valence-corrected chi connectivity index (χ2v) is 8.45. The van der Waals surface area contributed by atoms with Crippen molar-refractivity contribution in [3.63, 3.8) is 0 Å². The lowest BCUT2D eigenvalue weighted by molar-refractivity contribution is 0.212. The van der Waals surface area contributed by atoms with Crippen LogP contribution in [0.5, 0.6) is 0 Å². The summed E-state index contributed by atoms with van der Waals surface area (Å²) in [6, 6.07) is 29.4. The van der Waals surface area contributed by atoms with E-state index in [1.807, 2.05) is 105 Å². The first-order valence-corrected chi connectivity index (χ1v) is 11.4. The van der Waals surface area contributed by atoms with Gasteiger partial charge in [-0.2, -0.15) is 0 Å². The van der Waals surface area contributed by atoms with Gasteiger partial charge in [0.05, 0.1) is 18.9 Å². The van der Waals surface area contributed by atoms with E-state index < -0.39 is 13.4 Å². The fourth-order valence-corrected chi connectivity index (χ4v) is 4.99. The summed E-state index contributed by atoms with van der Waals surface area (Å²) in [4.78, 5) is 5.00. The van der Waals surface area contributed by atoms with Crippen LogP contribution in [0.1, 0.15) is 36.3 Å². The second kappa shape index (κ2) is 10.3. The van der Waals surface area contributed by atoms with Crippen LogP contribution in [0.25, 0.3) is 0 Å². The maximum Gasteiger partial charge on any atom is 0.359 e. The van der Waals surface area contributed by atoms with E-state index in [-0.39, 0.29) is 13.2 Å². The van der Waals surface area contributed by atoms with E-state index in [1.54, 1.807) is 0 Å². The summed E-state index contributed by atoms with van der Waals surface area (Å²) in [7, 11) is -3.53. The Labute approximate surface area is 172 Å². The number of hydrogen-bond donors (Lipinski definition) is 0. The van der Waals surface area contributed by atoms with Crippen molar-refractivity contribution in [2.24, 2.45) is 4.99 Å². The zero-order valence-electron chi connectivity index (χ0n) is 16.8. The standard InChI is InChI=1S/C24H26NO3P/c1-3-27-29(26,28-4-2)24(22-18-12-7-13-19-22)25-23(20-14-8-5-9-15-20)21-16-10-6-11-17-21/h5-19,24H,3-4H2,1-2H3. The fourth-order valence-electron chi connectivity index (χ4n) is 3.12. The molecular formula is C24H26NO3P. The van der Waals surface area contributed by atoms with Crippen LogP contribution in [0.15, 0.2) is 96.0 Å². The number of aliphatic imine (C=N–C) groups is 1. The molecule has 0 N–H and O–H groups in total. The topological polar surface area (TPSA) is 47.9 Å². The second-order valence-electron chi connectivity index (χ2n) is 6.37. The zero-order valence-corrected chi connectivity index (χ0v) is 17.7. The van der Waals surface area contributed by atoms with E-state index >= 15 is 0 Å². The Morgan fingerprint density at radius 3 is 1.59 bits per heavy atom. The number of benzene rings is 3. The zero-order chi connectivity index (χ0) is 20.5. The summed E-state index contributed by atoms with van der Waals surface area (Å²) in [5.41, 5.74) is 3.43. The van der Waals surface area contributed by atoms with Crippen LogP contribution in [0.3, 0.4) is 0 Å². The molecule has 0 aliphatic carbocycles. The molecule has 0 spiro atoms. The maximum atomic E-state index is 13.8. The summed E-state index contributed by atoms with van der Waals surface area (Å²) in [6.07, 6.45) is 0.